The molecule has 4 heteroatoms. The molecule has 0 heterocycles. The topological polar surface area (TPSA) is 32.3 Å². The zero-order chi connectivity index (χ0) is 15.1. The van der Waals surface area contributed by atoms with Gasteiger partial charge in [-0.1, -0.05) is 42.5 Å². The summed E-state index contributed by atoms with van der Waals surface area (Å²) >= 11 is 0. The number of carbonyl (C=O) groups is 1. The van der Waals surface area contributed by atoms with Gasteiger partial charge in [0, 0.05) is 17.8 Å². The Hall–Kier alpha value is -2.62. The Labute approximate surface area is 123 Å². The fourth-order valence-corrected chi connectivity index (χ4v) is 1.93. The number of hydrogen-bond donors (Lipinski definition) is 1. The molecule has 2 aromatic carbocycles. The number of amides is 2. The van der Waals surface area contributed by atoms with Crippen LogP contribution >= 0.6 is 0 Å². The van der Waals surface area contributed by atoms with Crippen LogP contribution in [0.1, 0.15) is 5.56 Å². The molecule has 0 bridgehead atoms. The third-order valence-electron chi connectivity index (χ3n) is 2.98. The monoisotopic (exact) mass is 284 g/mol. The second-order valence-corrected chi connectivity index (χ2v) is 4.56. The van der Waals surface area contributed by atoms with Crippen molar-refractivity contribution < 1.29 is 9.18 Å². The largest absolute Gasteiger partial charge is 0.322 e. The van der Waals surface area contributed by atoms with E-state index in [1.807, 2.05) is 18.2 Å². The fourth-order valence-electron chi connectivity index (χ4n) is 1.93. The molecule has 0 unspecified atom stereocenters. The number of anilines is 1. The van der Waals surface area contributed by atoms with Crippen LogP contribution in [0.5, 0.6) is 0 Å². The Balaban J connectivity index is 2.09. The van der Waals surface area contributed by atoms with E-state index in [1.165, 1.54) is 11.0 Å². The van der Waals surface area contributed by atoms with Crippen LogP contribution in [0.3, 0.4) is 0 Å². The predicted octanol–water partition coefficient (Wildman–Crippen LogP) is 4.05. The van der Waals surface area contributed by atoms with Gasteiger partial charge in [0.1, 0.15) is 5.82 Å². The van der Waals surface area contributed by atoms with Gasteiger partial charge in [-0.25, -0.2) is 9.18 Å². The van der Waals surface area contributed by atoms with Gasteiger partial charge in [-0.05, 0) is 18.2 Å². The maximum atomic E-state index is 13.7. The molecule has 0 saturated heterocycles. The van der Waals surface area contributed by atoms with Gasteiger partial charge in [0.25, 0.3) is 0 Å². The van der Waals surface area contributed by atoms with Crippen LogP contribution in [-0.2, 0) is 6.54 Å². The Morgan fingerprint density at radius 3 is 2.48 bits per heavy atom. The number of halogens is 1. The first kappa shape index (κ1) is 14.8. The first-order chi connectivity index (χ1) is 10.2. The first-order valence-corrected chi connectivity index (χ1v) is 6.66. The summed E-state index contributed by atoms with van der Waals surface area (Å²) in [5.41, 5.74) is 1.17. The number of nitrogens with one attached hydrogen (secondary N) is 1. The Bertz CT molecular complexity index is 613. The minimum absolute atomic E-state index is 0.192. The van der Waals surface area contributed by atoms with Crippen LogP contribution in [0, 0.1) is 5.82 Å². The van der Waals surface area contributed by atoms with Crippen molar-refractivity contribution in [2.75, 3.05) is 11.9 Å². The second kappa shape index (κ2) is 7.24. The van der Waals surface area contributed by atoms with E-state index in [0.29, 0.717) is 17.8 Å². The van der Waals surface area contributed by atoms with Crippen molar-refractivity contribution in [2.24, 2.45) is 0 Å². The molecule has 21 heavy (non-hydrogen) atoms. The second-order valence-electron chi connectivity index (χ2n) is 4.56. The van der Waals surface area contributed by atoms with Crippen molar-refractivity contribution in [3.63, 3.8) is 0 Å². The summed E-state index contributed by atoms with van der Waals surface area (Å²) in [6.45, 7) is 4.17. The van der Waals surface area contributed by atoms with Crippen LogP contribution in [0.2, 0.25) is 0 Å². The minimum atomic E-state index is -0.320. The van der Waals surface area contributed by atoms with Gasteiger partial charge < -0.3 is 10.2 Å². The van der Waals surface area contributed by atoms with Crippen LogP contribution in [0.4, 0.5) is 14.9 Å². The third kappa shape index (κ3) is 4.18. The minimum Gasteiger partial charge on any atom is -0.316 e. The highest BCUT2D eigenvalue weighted by molar-refractivity contribution is 5.89. The predicted molar refractivity (Wildman–Crippen MR) is 82.5 cm³/mol. The normalized spacial score (nSPS) is 9.95. The maximum Gasteiger partial charge on any atom is 0.322 e. The molecule has 0 aliphatic heterocycles. The van der Waals surface area contributed by atoms with E-state index < -0.39 is 0 Å². The van der Waals surface area contributed by atoms with Gasteiger partial charge >= 0.3 is 6.03 Å². The molecule has 108 valence electrons. The molecule has 0 spiro atoms. The van der Waals surface area contributed by atoms with E-state index >= 15 is 0 Å². The van der Waals surface area contributed by atoms with E-state index in [9.17, 15) is 9.18 Å². The van der Waals surface area contributed by atoms with Crippen LogP contribution in [0.25, 0.3) is 0 Å². The van der Waals surface area contributed by atoms with Crippen molar-refractivity contribution in [2.45, 2.75) is 6.54 Å². The van der Waals surface area contributed by atoms with E-state index in [0.717, 1.165) is 0 Å². The van der Waals surface area contributed by atoms with Gasteiger partial charge in [0.15, 0.2) is 0 Å². The molecule has 2 rings (SSSR count). The molecule has 0 aliphatic carbocycles. The van der Waals surface area contributed by atoms with Gasteiger partial charge in [-0.2, -0.15) is 0 Å². The molecule has 0 atom stereocenters. The summed E-state index contributed by atoms with van der Waals surface area (Å²) in [7, 11) is 0. The molecule has 3 nitrogen and oxygen atoms in total. The number of benzene rings is 2. The lowest BCUT2D eigenvalue weighted by Crippen LogP contribution is -2.34. The summed E-state index contributed by atoms with van der Waals surface area (Å²) in [6.07, 6.45) is 1.62. The molecule has 1 N–H and O–H groups in total. The Morgan fingerprint density at radius 2 is 1.81 bits per heavy atom. The summed E-state index contributed by atoms with van der Waals surface area (Å²) in [5.74, 6) is -0.320. The number of hydrogen-bond acceptors (Lipinski definition) is 1. The smallest absolute Gasteiger partial charge is 0.316 e. The van der Waals surface area contributed by atoms with E-state index in [1.54, 1.807) is 36.4 Å². The van der Waals surface area contributed by atoms with Crippen molar-refractivity contribution in [3.05, 3.63) is 78.6 Å². The number of carbonyl (C=O) groups excluding carboxylic acids is 1. The molecule has 2 aromatic rings. The highest BCUT2D eigenvalue weighted by Crippen LogP contribution is 2.12. The fraction of sp³-hybridized carbons (Fsp3) is 0.118. The quantitative estimate of drug-likeness (QED) is 0.825. The summed E-state index contributed by atoms with van der Waals surface area (Å²) in [5, 5.41) is 2.78. The Kier molecular flexibility index (Phi) is 5.10. The standard InChI is InChI=1S/C17H17FN2O/c1-2-12-20(13-14-8-6-7-11-16(14)18)17(21)19-15-9-4-3-5-10-15/h2-11H,1,12-13H2,(H,19,21). The van der Waals surface area contributed by atoms with Crippen LogP contribution < -0.4 is 5.32 Å². The summed E-state index contributed by atoms with van der Waals surface area (Å²) in [6, 6.07) is 15.3. The highest BCUT2D eigenvalue weighted by atomic mass is 19.1. The SMILES string of the molecule is C=CCN(Cc1ccccc1F)C(=O)Nc1ccccc1. The molecule has 0 saturated carbocycles. The van der Waals surface area contributed by atoms with E-state index in [4.69, 9.17) is 0 Å². The average Bonchev–Trinajstić information content (AvgIpc) is 2.50. The number of nitrogens with zero attached hydrogens (tertiary/aromatic N) is 1. The molecule has 0 fully saturated rings. The molecule has 2 amide bonds. The summed E-state index contributed by atoms with van der Waals surface area (Å²) < 4.78 is 13.7. The lowest BCUT2D eigenvalue weighted by atomic mass is 10.2. The van der Waals surface area contributed by atoms with Crippen molar-refractivity contribution in [1.82, 2.24) is 4.90 Å². The van der Waals surface area contributed by atoms with Gasteiger partial charge in [0.2, 0.25) is 0 Å². The maximum absolute atomic E-state index is 13.7. The van der Waals surface area contributed by atoms with E-state index in [-0.39, 0.29) is 18.4 Å². The van der Waals surface area contributed by atoms with Crippen molar-refractivity contribution in [3.8, 4) is 0 Å². The molecular weight excluding hydrogens is 267 g/mol. The molecular formula is C17H17FN2O. The number of urea groups is 1. The van der Waals surface area contributed by atoms with Crippen molar-refractivity contribution in [1.29, 1.82) is 0 Å². The number of rotatable bonds is 5. The number of para-hydroxylation sites is 1. The Morgan fingerprint density at radius 1 is 1.14 bits per heavy atom. The van der Waals surface area contributed by atoms with Gasteiger partial charge in [-0.3, -0.25) is 0 Å². The molecule has 0 aliphatic rings. The van der Waals surface area contributed by atoms with Gasteiger partial charge in [-0.15, -0.1) is 6.58 Å². The zero-order valence-electron chi connectivity index (χ0n) is 11.6. The van der Waals surface area contributed by atoms with Crippen molar-refractivity contribution >= 4 is 11.7 Å². The molecule has 0 radical (unpaired) electrons. The van der Waals surface area contributed by atoms with Crippen LogP contribution in [-0.4, -0.2) is 17.5 Å². The molecule has 0 aromatic heterocycles. The third-order valence-corrected chi connectivity index (χ3v) is 2.98. The first-order valence-electron chi connectivity index (χ1n) is 6.66. The summed E-state index contributed by atoms with van der Waals surface area (Å²) in [4.78, 5) is 13.8. The highest BCUT2D eigenvalue weighted by Gasteiger charge is 2.14. The lowest BCUT2D eigenvalue weighted by molar-refractivity contribution is 0.214. The van der Waals surface area contributed by atoms with E-state index in [2.05, 4.69) is 11.9 Å². The van der Waals surface area contributed by atoms with Gasteiger partial charge in [0.05, 0.1) is 6.54 Å². The zero-order valence-corrected chi connectivity index (χ0v) is 11.6. The average molecular weight is 284 g/mol. The van der Waals surface area contributed by atoms with Crippen LogP contribution in [0.15, 0.2) is 67.3 Å². The lowest BCUT2D eigenvalue weighted by Gasteiger charge is -2.22.